The molecule has 0 radical (unpaired) electrons. The van der Waals surface area contributed by atoms with E-state index >= 15 is 0 Å². The lowest BCUT2D eigenvalue weighted by Crippen LogP contribution is -2.10. The third-order valence-corrected chi connectivity index (χ3v) is 10.1. The Bertz CT molecular complexity index is 2020. The van der Waals surface area contributed by atoms with Gasteiger partial charge in [-0.2, -0.15) is 0 Å². The Labute approximate surface area is 218 Å². The lowest BCUT2D eigenvalue weighted by atomic mass is 9.84. The molecular formula is C34H24S2. The van der Waals surface area contributed by atoms with Gasteiger partial charge in [0.1, 0.15) is 0 Å². The van der Waals surface area contributed by atoms with Crippen LogP contribution < -0.4 is 0 Å². The second-order valence-electron chi connectivity index (χ2n) is 11.0. The van der Waals surface area contributed by atoms with Gasteiger partial charge in [0.15, 0.2) is 0 Å². The van der Waals surface area contributed by atoms with Crippen LogP contribution in [0.4, 0.5) is 0 Å². The van der Waals surface area contributed by atoms with Crippen molar-refractivity contribution >= 4 is 63.7 Å². The standard InChI is InChI=1S/C34H24S2/c1-34(2,3)22-15-21-7-6-9-25-31(21)27(18-22)33-32(25)26-16-19(12-14-29(26)36-33)20-11-13-24-23-8-4-5-10-28(23)35-30(24)17-20/h4-18H,1-3H3. The maximum atomic E-state index is 2.45. The monoisotopic (exact) mass is 496 g/mol. The first-order valence-corrected chi connectivity index (χ1v) is 14.2. The van der Waals surface area contributed by atoms with Gasteiger partial charge in [-0.3, -0.25) is 0 Å². The molecule has 0 saturated carbocycles. The van der Waals surface area contributed by atoms with Crippen molar-refractivity contribution in [2.45, 2.75) is 26.2 Å². The van der Waals surface area contributed by atoms with E-state index in [0.29, 0.717) is 0 Å². The largest absolute Gasteiger partial charge is 0.135 e. The molecule has 0 N–H and O–H groups in total. The van der Waals surface area contributed by atoms with Gasteiger partial charge in [0.05, 0.1) is 0 Å². The molecule has 5 aromatic carbocycles. The summed E-state index contributed by atoms with van der Waals surface area (Å²) in [6.45, 7) is 6.93. The number of rotatable bonds is 1. The van der Waals surface area contributed by atoms with Crippen LogP contribution in [0.5, 0.6) is 0 Å². The molecule has 0 atom stereocenters. The van der Waals surface area contributed by atoms with E-state index in [9.17, 15) is 0 Å². The van der Waals surface area contributed by atoms with Crippen LogP contribution in [0.3, 0.4) is 0 Å². The Morgan fingerprint density at radius 3 is 2.22 bits per heavy atom. The van der Waals surface area contributed by atoms with Gasteiger partial charge in [-0.15, -0.1) is 22.7 Å². The molecule has 0 nitrogen and oxygen atoms in total. The molecule has 0 aliphatic heterocycles. The molecule has 0 saturated heterocycles. The smallest absolute Gasteiger partial charge is 0.0440 e. The molecule has 172 valence electrons. The molecule has 1 aliphatic rings. The average molecular weight is 497 g/mol. The third kappa shape index (κ3) is 2.80. The van der Waals surface area contributed by atoms with E-state index in [2.05, 4.69) is 112 Å². The van der Waals surface area contributed by atoms with Crippen molar-refractivity contribution in [3.8, 4) is 32.7 Å². The van der Waals surface area contributed by atoms with E-state index < -0.39 is 0 Å². The predicted octanol–water partition coefficient (Wildman–Crippen LogP) is 11.0. The number of benzene rings is 5. The Morgan fingerprint density at radius 2 is 1.33 bits per heavy atom. The van der Waals surface area contributed by atoms with Crippen LogP contribution in [0.25, 0.3) is 73.7 Å². The first kappa shape index (κ1) is 20.7. The molecule has 0 unspecified atom stereocenters. The molecule has 2 heteroatoms. The summed E-state index contributed by atoms with van der Waals surface area (Å²) in [7, 11) is 0. The van der Waals surface area contributed by atoms with Gasteiger partial charge in [-0.05, 0) is 68.8 Å². The van der Waals surface area contributed by atoms with E-state index in [1.807, 2.05) is 22.7 Å². The van der Waals surface area contributed by atoms with Crippen LogP contribution in [0.2, 0.25) is 0 Å². The van der Waals surface area contributed by atoms with Gasteiger partial charge >= 0.3 is 0 Å². The van der Waals surface area contributed by atoms with Gasteiger partial charge in [0, 0.05) is 46.3 Å². The van der Waals surface area contributed by atoms with E-state index in [1.54, 1.807) is 0 Å². The SMILES string of the molecule is CC(C)(C)c1cc2c3c(cccc3c1)-c1c-2sc2ccc(-c3ccc4c(c3)sc3ccccc34)cc12. The van der Waals surface area contributed by atoms with Crippen LogP contribution in [-0.4, -0.2) is 0 Å². The summed E-state index contributed by atoms with van der Waals surface area (Å²) < 4.78 is 4.09. The minimum Gasteiger partial charge on any atom is -0.135 e. The summed E-state index contributed by atoms with van der Waals surface area (Å²) in [5, 5.41) is 6.87. The highest BCUT2D eigenvalue weighted by molar-refractivity contribution is 7.25. The topological polar surface area (TPSA) is 0 Å². The highest BCUT2D eigenvalue weighted by Crippen LogP contribution is 2.55. The maximum absolute atomic E-state index is 2.45. The molecule has 0 fully saturated rings. The molecule has 36 heavy (non-hydrogen) atoms. The second-order valence-corrected chi connectivity index (χ2v) is 13.1. The summed E-state index contributed by atoms with van der Waals surface area (Å²) in [6.07, 6.45) is 0. The van der Waals surface area contributed by atoms with Crippen LogP contribution in [0.1, 0.15) is 26.3 Å². The molecule has 1 aliphatic carbocycles. The van der Waals surface area contributed by atoms with Crippen LogP contribution >= 0.6 is 22.7 Å². The summed E-state index contributed by atoms with van der Waals surface area (Å²) >= 11 is 3.84. The molecule has 0 bridgehead atoms. The van der Waals surface area contributed by atoms with Crippen molar-refractivity contribution in [3.05, 3.63) is 96.6 Å². The zero-order valence-electron chi connectivity index (χ0n) is 20.5. The normalized spacial score (nSPS) is 12.9. The molecule has 2 aromatic heterocycles. The average Bonchev–Trinajstić information content (AvgIpc) is 3.53. The molecule has 0 amide bonds. The van der Waals surface area contributed by atoms with Gasteiger partial charge in [-0.1, -0.05) is 81.4 Å². The number of hydrogen-bond donors (Lipinski definition) is 0. The van der Waals surface area contributed by atoms with Crippen LogP contribution in [0, 0.1) is 0 Å². The third-order valence-electron chi connectivity index (χ3n) is 7.76. The number of hydrogen-bond acceptors (Lipinski definition) is 2. The van der Waals surface area contributed by atoms with Gasteiger partial charge in [-0.25, -0.2) is 0 Å². The van der Waals surface area contributed by atoms with Gasteiger partial charge in [0.25, 0.3) is 0 Å². The Kier molecular flexibility index (Phi) is 4.06. The van der Waals surface area contributed by atoms with E-state index in [1.165, 1.54) is 79.3 Å². The predicted molar refractivity (Wildman–Crippen MR) is 161 cm³/mol. The van der Waals surface area contributed by atoms with Crippen molar-refractivity contribution in [1.29, 1.82) is 0 Å². The second kappa shape index (κ2) is 7.06. The first-order valence-electron chi connectivity index (χ1n) is 12.5. The lowest BCUT2D eigenvalue weighted by Gasteiger charge is -2.20. The molecule has 2 heterocycles. The van der Waals surface area contributed by atoms with Crippen molar-refractivity contribution in [1.82, 2.24) is 0 Å². The van der Waals surface area contributed by atoms with Crippen LogP contribution in [-0.2, 0) is 5.41 Å². The first-order chi connectivity index (χ1) is 17.5. The Hall–Kier alpha value is -3.46. The lowest BCUT2D eigenvalue weighted by molar-refractivity contribution is 0.591. The van der Waals surface area contributed by atoms with E-state index in [0.717, 1.165) is 0 Å². The van der Waals surface area contributed by atoms with Crippen molar-refractivity contribution in [2.75, 3.05) is 0 Å². The quantitative estimate of drug-likeness (QED) is 0.212. The fraction of sp³-hybridized carbons (Fsp3) is 0.118. The van der Waals surface area contributed by atoms with Gasteiger partial charge < -0.3 is 0 Å². The summed E-state index contributed by atoms with van der Waals surface area (Å²) in [6, 6.07) is 34.4. The maximum Gasteiger partial charge on any atom is 0.0440 e. The Morgan fingerprint density at radius 1 is 0.556 bits per heavy atom. The van der Waals surface area contributed by atoms with E-state index in [4.69, 9.17) is 0 Å². The zero-order chi connectivity index (χ0) is 24.2. The highest BCUT2D eigenvalue weighted by atomic mass is 32.1. The summed E-state index contributed by atoms with van der Waals surface area (Å²) in [5.74, 6) is 0. The minimum atomic E-state index is 0.124. The number of thiophene rings is 2. The minimum absolute atomic E-state index is 0.124. The molecule has 8 rings (SSSR count). The van der Waals surface area contributed by atoms with Crippen molar-refractivity contribution in [3.63, 3.8) is 0 Å². The fourth-order valence-corrected chi connectivity index (χ4v) is 8.25. The fourth-order valence-electron chi connectivity index (χ4n) is 5.89. The zero-order valence-corrected chi connectivity index (χ0v) is 22.1. The van der Waals surface area contributed by atoms with Gasteiger partial charge in [0.2, 0.25) is 0 Å². The van der Waals surface area contributed by atoms with Crippen molar-refractivity contribution in [2.24, 2.45) is 0 Å². The van der Waals surface area contributed by atoms with Crippen LogP contribution in [0.15, 0.2) is 91.0 Å². The Balaban J connectivity index is 1.34. The van der Waals surface area contributed by atoms with Crippen molar-refractivity contribution < 1.29 is 0 Å². The molecule has 7 aromatic rings. The molecule has 0 spiro atoms. The van der Waals surface area contributed by atoms with E-state index in [-0.39, 0.29) is 5.41 Å². The summed E-state index contributed by atoms with van der Waals surface area (Å²) in [5.41, 5.74) is 8.34. The number of fused-ring (bicyclic) bond motifs is 8. The molecular weight excluding hydrogens is 473 g/mol. The summed E-state index contributed by atoms with van der Waals surface area (Å²) in [4.78, 5) is 1.43. The highest BCUT2D eigenvalue weighted by Gasteiger charge is 2.28.